The SMILES string of the molecule is CC(C)(C)[C@@H](N)C(F)(F)F. The van der Waals surface area contributed by atoms with Crippen LogP contribution in [0.2, 0.25) is 0 Å². The Bertz CT molecular complexity index is 97.1. The molecule has 0 aliphatic heterocycles. The fourth-order valence-electron chi connectivity index (χ4n) is 0.491. The van der Waals surface area contributed by atoms with Gasteiger partial charge in [0.05, 0.1) is 0 Å². The highest BCUT2D eigenvalue weighted by molar-refractivity contribution is 4.82. The molecule has 2 N–H and O–H groups in total. The van der Waals surface area contributed by atoms with Gasteiger partial charge in [-0.25, -0.2) is 0 Å². The molecule has 0 unspecified atom stereocenters. The second-order valence-corrected chi connectivity index (χ2v) is 3.39. The summed E-state index contributed by atoms with van der Waals surface area (Å²) in [6, 6.07) is -1.74. The van der Waals surface area contributed by atoms with Gasteiger partial charge >= 0.3 is 6.18 Å². The van der Waals surface area contributed by atoms with E-state index in [2.05, 4.69) is 0 Å². The van der Waals surface area contributed by atoms with Crippen molar-refractivity contribution in [2.45, 2.75) is 33.0 Å². The molecule has 0 aromatic heterocycles. The Morgan fingerprint density at radius 1 is 1.10 bits per heavy atom. The molecule has 0 aromatic carbocycles. The Balaban J connectivity index is 4.23. The average molecular weight is 155 g/mol. The van der Waals surface area contributed by atoms with Gasteiger partial charge in [-0.1, -0.05) is 20.8 Å². The second-order valence-electron chi connectivity index (χ2n) is 3.39. The number of halogens is 3. The minimum Gasteiger partial charge on any atom is -0.320 e. The van der Waals surface area contributed by atoms with Crippen molar-refractivity contribution >= 4 is 0 Å². The van der Waals surface area contributed by atoms with Gasteiger partial charge in [0.25, 0.3) is 0 Å². The zero-order valence-electron chi connectivity index (χ0n) is 6.29. The van der Waals surface area contributed by atoms with Crippen molar-refractivity contribution in [1.29, 1.82) is 0 Å². The third-order valence-electron chi connectivity index (χ3n) is 1.29. The summed E-state index contributed by atoms with van der Waals surface area (Å²) in [4.78, 5) is 0. The summed E-state index contributed by atoms with van der Waals surface area (Å²) in [5.74, 6) is 0. The predicted molar refractivity (Wildman–Crippen MR) is 33.5 cm³/mol. The summed E-state index contributed by atoms with van der Waals surface area (Å²) in [6.45, 7) is 4.39. The van der Waals surface area contributed by atoms with Crippen LogP contribution in [0.4, 0.5) is 13.2 Å². The molecule has 0 fully saturated rings. The molecular weight excluding hydrogens is 143 g/mol. The summed E-state index contributed by atoms with van der Waals surface area (Å²) >= 11 is 0. The van der Waals surface area contributed by atoms with Crippen molar-refractivity contribution in [2.24, 2.45) is 11.1 Å². The molecule has 0 spiro atoms. The molecular formula is C6H12F3N. The molecule has 0 rings (SSSR count). The highest BCUT2D eigenvalue weighted by Crippen LogP contribution is 2.30. The molecule has 0 aliphatic carbocycles. The van der Waals surface area contributed by atoms with E-state index in [-0.39, 0.29) is 0 Å². The first kappa shape index (κ1) is 9.75. The van der Waals surface area contributed by atoms with Gasteiger partial charge in [0.15, 0.2) is 0 Å². The van der Waals surface area contributed by atoms with Crippen LogP contribution < -0.4 is 5.73 Å². The smallest absolute Gasteiger partial charge is 0.320 e. The normalized spacial score (nSPS) is 17.1. The lowest BCUT2D eigenvalue weighted by atomic mass is 9.87. The molecule has 4 heteroatoms. The summed E-state index contributed by atoms with van der Waals surface area (Å²) < 4.78 is 35.5. The zero-order chi connectivity index (χ0) is 8.58. The van der Waals surface area contributed by atoms with E-state index < -0.39 is 17.6 Å². The van der Waals surface area contributed by atoms with Gasteiger partial charge in [-0.3, -0.25) is 0 Å². The van der Waals surface area contributed by atoms with Crippen molar-refractivity contribution in [3.8, 4) is 0 Å². The number of hydrogen-bond acceptors (Lipinski definition) is 1. The number of nitrogens with two attached hydrogens (primary N) is 1. The van der Waals surface area contributed by atoms with Crippen molar-refractivity contribution in [1.82, 2.24) is 0 Å². The first-order valence-electron chi connectivity index (χ1n) is 2.98. The van der Waals surface area contributed by atoms with E-state index in [0.717, 1.165) is 0 Å². The predicted octanol–water partition coefficient (Wildman–Crippen LogP) is 1.92. The Labute approximate surface area is 58.4 Å². The topological polar surface area (TPSA) is 26.0 Å². The Morgan fingerprint density at radius 2 is 1.40 bits per heavy atom. The average Bonchev–Trinajstić information content (AvgIpc) is 1.59. The highest BCUT2D eigenvalue weighted by atomic mass is 19.4. The minimum atomic E-state index is -4.28. The fraction of sp³-hybridized carbons (Fsp3) is 1.00. The van der Waals surface area contributed by atoms with Crippen molar-refractivity contribution in [2.75, 3.05) is 0 Å². The largest absolute Gasteiger partial charge is 0.404 e. The number of alkyl halides is 3. The Morgan fingerprint density at radius 3 is 1.40 bits per heavy atom. The van der Waals surface area contributed by atoms with Crippen LogP contribution in [-0.2, 0) is 0 Å². The van der Waals surface area contributed by atoms with Gasteiger partial charge in [-0.2, -0.15) is 13.2 Å². The third-order valence-corrected chi connectivity index (χ3v) is 1.29. The van der Waals surface area contributed by atoms with Crippen molar-refractivity contribution in [3.05, 3.63) is 0 Å². The van der Waals surface area contributed by atoms with Gasteiger partial charge in [0.1, 0.15) is 6.04 Å². The molecule has 62 valence electrons. The Hall–Kier alpha value is -0.250. The van der Waals surface area contributed by atoms with E-state index >= 15 is 0 Å². The second kappa shape index (κ2) is 2.42. The third kappa shape index (κ3) is 2.56. The van der Waals surface area contributed by atoms with Crippen LogP contribution in [0.15, 0.2) is 0 Å². The quantitative estimate of drug-likeness (QED) is 0.568. The first-order chi connectivity index (χ1) is 4.15. The minimum absolute atomic E-state index is 0.905. The standard InChI is InChI=1S/C6H12F3N/c1-5(2,3)4(10)6(7,8)9/h4H,10H2,1-3H3/t4-/m1/s1. The van der Waals surface area contributed by atoms with E-state index in [1.807, 2.05) is 0 Å². The molecule has 10 heavy (non-hydrogen) atoms. The van der Waals surface area contributed by atoms with E-state index in [4.69, 9.17) is 5.73 Å². The Kier molecular flexibility index (Phi) is 2.36. The summed E-state index contributed by atoms with van der Waals surface area (Å²) in [5.41, 5.74) is 4.00. The lowest BCUT2D eigenvalue weighted by Gasteiger charge is -2.28. The van der Waals surface area contributed by atoms with Crippen molar-refractivity contribution in [3.63, 3.8) is 0 Å². The summed E-state index contributed by atoms with van der Waals surface area (Å²) in [6.07, 6.45) is -4.28. The molecule has 0 saturated carbocycles. The fourth-order valence-corrected chi connectivity index (χ4v) is 0.491. The van der Waals surface area contributed by atoms with E-state index in [0.29, 0.717) is 0 Å². The van der Waals surface area contributed by atoms with Crippen LogP contribution in [0, 0.1) is 5.41 Å². The van der Waals surface area contributed by atoms with Crippen molar-refractivity contribution < 1.29 is 13.2 Å². The molecule has 0 aromatic rings. The van der Waals surface area contributed by atoms with Crippen LogP contribution in [0.5, 0.6) is 0 Å². The van der Waals surface area contributed by atoms with E-state index in [9.17, 15) is 13.2 Å². The molecule has 0 aliphatic rings. The zero-order valence-corrected chi connectivity index (χ0v) is 6.29. The maximum absolute atomic E-state index is 11.8. The number of rotatable bonds is 0. The molecule has 1 atom stereocenters. The summed E-state index contributed by atoms with van der Waals surface area (Å²) in [7, 11) is 0. The van der Waals surface area contributed by atoms with Gasteiger partial charge in [-0.05, 0) is 5.41 Å². The maximum Gasteiger partial charge on any atom is 0.404 e. The van der Waals surface area contributed by atoms with E-state index in [1.54, 1.807) is 0 Å². The van der Waals surface area contributed by atoms with Gasteiger partial charge in [0.2, 0.25) is 0 Å². The molecule has 0 bridgehead atoms. The molecule has 1 nitrogen and oxygen atoms in total. The molecule has 0 amide bonds. The van der Waals surface area contributed by atoms with Gasteiger partial charge < -0.3 is 5.73 Å². The highest BCUT2D eigenvalue weighted by Gasteiger charge is 2.43. The molecule has 0 heterocycles. The van der Waals surface area contributed by atoms with Crippen LogP contribution >= 0.6 is 0 Å². The summed E-state index contributed by atoms with van der Waals surface area (Å²) in [5, 5.41) is 0. The molecule has 0 saturated heterocycles. The van der Waals surface area contributed by atoms with Crippen LogP contribution in [0.3, 0.4) is 0 Å². The monoisotopic (exact) mass is 155 g/mol. The number of hydrogen-bond donors (Lipinski definition) is 1. The lowest BCUT2D eigenvalue weighted by molar-refractivity contribution is -0.167. The maximum atomic E-state index is 11.8. The van der Waals surface area contributed by atoms with Crippen LogP contribution in [-0.4, -0.2) is 12.2 Å². The van der Waals surface area contributed by atoms with Gasteiger partial charge in [-0.15, -0.1) is 0 Å². The lowest BCUT2D eigenvalue weighted by Crippen LogP contribution is -2.47. The van der Waals surface area contributed by atoms with Crippen LogP contribution in [0.25, 0.3) is 0 Å². The van der Waals surface area contributed by atoms with E-state index in [1.165, 1.54) is 20.8 Å². The molecule has 0 radical (unpaired) electrons. The van der Waals surface area contributed by atoms with Crippen LogP contribution in [0.1, 0.15) is 20.8 Å². The first-order valence-corrected chi connectivity index (χ1v) is 2.98. The van der Waals surface area contributed by atoms with Gasteiger partial charge in [0, 0.05) is 0 Å².